The van der Waals surface area contributed by atoms with Gasteiger partial charge in [-0.05, 0) is 61.9 Å². The van der Waals surface area contributed by atoms with Gasteiger partial charge in [-0.2, -0.15) is 0 Å². The summed E-state index contributed by atoms with van der Waals surface area (Å²) in [6, 6.07) is 11.5. The Bertz CT molecular complexity index is 739. The van der Waals surface area contributed by atoms with Crippen LogP contribution in [0.4, 0.5) is 5.69 Å². The second-order valence-corrected chi connectivity index (χ2v) is 6.38. The Kier molecular flexibility index (Phi) is 4.92. The van der Waals surface area contributed by atoms with Crippen molar-refractivity contribution in [3.63, 3.8) is 0 Å². The van der Waals surface area contributed by atoms with E-state index in [1.807, 2.05) is 13.8 Å². The van der Waals surface area contributed by atoms with E-state index in [4.69, 9.17) is 9.47 Å². The van der Waals surface area contributed by atoms with Gasteiger partial charge in [-0.15, -0.1) is 0 Å². The first-order valence-electron chi connectivity index (χ1n) is 6.86. The van der Waals surface area contributed by atoms with Crippen molar-refractivity contribution in [1.29, 1.82) is 0 Å². The quantitative estimate of drug-likeness (QED) is 0.887. The number of ether oxygens (including phenoxy) is 2. The van der Waals surface area contributed by atoms with Crippen LogP contribution in [0.1, 0.15) is 12.5 Å². The van der Waals surface area contributed by atoms with E-state index in [1.165, 1.54) is 6.07 Å². The Labute approximate surface area is 130 Å². The van der Waals surface area contributed by atoms with Crippen LogP contribution in [0.15, 0.2) is 47.4 Å². The van der Waals surface area contributed by atoms with E-state index in [9.17, 15) is 8.42 Å². The smallest absolute Gasteiger partial charge is 0.261 e. The van der Waals surface area contributed by atoms with Gasteiger partial charge in [0.05, 0.1) is 18.6 Å². The fraction of sp³-hybridized carbons (Fsp3) is 0.250. The predicted octanol–water partition coefficient (Wildman–Crippen LogP) is 3.20. The minimum absolute atomic E-state index is 0.198. The monoisotopic (exact) mass is 321 g/mol. The number of benzene rings is 2. The van der Waals surface area contributed by atoms with Gasteiger partial charge in [-0.3, -0.25) is 4.72 Å². The SMILES string of the molecule is CCOc1ccc(S(=O)(=O)Nc2ccc(OC)cc2)cc1C. The van der Waals surface area contributed by atoms with E-state index in [1.54, 1.807) is 43.5 Å². The molecule has 0 aliphatic carbocycles. The number of methoxy groups -OCH3 is 1. The third kappa shape index (κ3) is 3.71. The highest BCUT2D eigenvalue weighted by Crippen LogP contribution is 2.24. The number of rotatable bonds is 6. The van der Waals surface area contributed by atoms with Gasteiger partial charge >= 0.3 is 0 Å². The molecule has 0 aliphatic heterocycles. The average molecular weight is 321 g/mol. The Morgan fingerprint density at radius 3 is 2.32 bits per heavy atom. The first kappa shape index (κ1) is 16.2. The maximum absolute atomic E-state index is 12.4. The van der Waals surface area contributed by atoms with Crippen LogP contribution < -0.4 is 14.2 Å². The molecular weight excluding hydrogens is 302 g/mol. The molecule has 118 valence electrons. The Morgan fingerprint density at radius 1 is 1.09 bits per heavy atom. The van der Waals surface area contributed by atoms with Crippen molar-refractivity contribution in [3.8, 4) is 11.5 Å². The van der Waals surface area contributed by atoms with Gasteiger partial charge in [-0.25, -0.2) is 8.42 Å². The zero-order valence-corrected chi connectivity index (χ0v) is 13.6. The van der Waals surface area contributed by atoms with Gasteiger partial charge in [0.25, 0.3) is 10.0 Å². The molecule has 0 aliphatic rings. The molecule has 6 heteroatoms. The molecule has 5 nitrogen and oxygen atoms in total. The van der Waals surface area contributed by atoms with Crippen molar-refractivity contribution in [2.75, 3.05) is 18.4 Å². The topological polar surface area (TPSA) is 64.6 Å². The highest BCUT2D eigenvalue weighted by molar-refractivity contribution is 7.92. The molecule has 0 fully saturated rings. The van der Waals surface area contributed by atoms with Gasteiger partial charge in [0, 0.05) is 5.69 Å². The van der Waals surface area contributed by atoms with Crippen molar-refractivity contribution in [2.24, 2.45) is 0 Å². The van der Waals surface area contributed by atoms with Crippen LogP contribution in [-0.4, -0.2) is 22.1 Å². The molecule has 0 spiro atoms. The molecule has 0 aromatic heterocycles. The fourth-order valence-corrected chi connectivity index (χ4v) is 3.12. The number of hydrogen-bond acceptors (Lipinski definition) is 4. The third-order valence-corrected chi connectivity index (χ3v) is 4.48. The second kappa shape index (κ2) is 6.70. The number of aryl methyl sites for hydroxylation is 1. The first-order valence-corrected chi connectivity index (χ1v) is 8.35. The van der Waals surface area contributed by atoms with Crippen LogP contribution in [0.2, 0.25) is 0 Å². The van der Waals surface area contributed by atoms with Crippen LogP contribution >= 0.6 is 0 Å². The van der Waals surface area contributed by atoms with Crippen molar-refractivity contribution in [1.82, 2.24) is 0 Å². The maximum Gasteiger partial charge on any atom is 0.261 e. The zero-order chi connectivity index (χ0) is 16.2. The summed E-state index contributed by atoms with van der Waals surface area (Å²) in [5.41, 5.74) is 1.26. The lowest BCUT2D eigenvalue weighted by Crippen LogP contribution is -2.13. The lowest BCUT2D eigenvalue weighted by atomic mass is 10.2. The molecule has 2 aromatic carbocycles. The summed E-state index contributed by atoms with van der Waals surface area (Å²) in [6.45, 7) is 4.24. The van der Waals surface area contributed by atoms with Gasteiger partial charge in [-0.1, -0.05) is 0 Å². The van der Waals surface area contributed by atoms with Gasteiger partial charge in [0.15, 0.2) is 0 Å². The van der Waals surface area contributed by atoms with Crippen LogP contribution in [-0.2, 0) is 10.0 Å². The summed E-state index contributed by atoms with van der Waals surface area (Å²) in [7, 11) is -2.08. The van der Waals surface area contributed by atoms with Gasteiger partial charge in [0.1, 0.15) is 11.5 Å². The van der Waals surface area contributed by atoms with Crippen molar-refractivity contribution < 1.29 is 17.9 Å². The Balaban J connectivity index is 2.24. The average Bonchev–Trinajstić information content (AvgIpc) is 2.50. The van der Waals surface area contributed by atoms with Crippen molar-refractivity contribution in [3.05, 3.63) is 48.0 Å². The third-order valence-electron chi connectivity index (χ3n) is 3.10. The summed E-state index contributed by atoms with van der Waals surface area (Å²) in [5.74, 6) is 1.35. The molecule has 0 saturated carbocycles. The summed E-state index contributed by atoms with van der Waals surface area (Å²) < 4.78 is 37.8. The van der Waals surface area contributed by atoms with Gasteiger partial charge < -0.3 is 9.47 Å². The summed E-state index contributed by atoms with van der Waals surface area (Å²) >= 11 is 0. The molecule has 0 amide bonds. The van der Waals surface area contributed by atoms with Crippen LogP contribution in [0.25, 0.3) is 0 Å². The number of nitrogens with one attached hydrogen (secondary N) is 1. The molecule has 2 aromatic rings. The molecule has 0 atom stereocenters. The number of anilines is 1. The summed E-state index contributed by atoms with van der Waals surface area (Å²) in [5, 5.41) is 0. The highest BCUT2D eigenvalue weighted by atomic mass is 32.2. The van der Waals surface area contributed by atoms with Crippen LogP contribution in [0, 0.1) is 6.92 Å². The predicted molar refractivity (Wildman–Crippen MR) is 86.2 cm³/mol. The van der Waals surface area contributed by atoms with E-state index in [-0.39, 0.29) is 4.90 Å². The molecule has 0 radical (unpaired) electrons. The Morgan fingerprint density at radius 2 is 1.77 bits per heavy atom. The minimum atomic E-state index is -3.63. The zero-order valence-electron chi connectivity index (χ0n) is 12.8. The molecule has 0 unspecified atom stereocenters. The normalized spacial score (nSPS) is 11.0. The van der Waals surface area contributed by atoms with E-state index >= 15 is 0 Å². The van der Waals surface area contributed by atoms with Gasteiger partial charge in [0.2, 0.25) is 0 Å². The minimum Gasteiger partial charge on any atom is -0.497 e. The highest BCUT2D eigenvalue weighted by Gasteiger charge is 2.15. The fourth-order valence-electron chi connectivity index (χ4n) is 1.98. The maximum atomic E-state index is 12.4. The molecule has 0 heterocycles. The lowest BCUT2D eigenvalue weighted by Gasteiger charge is -2.11. The molecular formula is C16H19NO4S. The molecule has 1 N–H and O–H groups in total. The van der Waals surface area contributed by atoms with Crippen LogP contribution in [0.3, 0.4) is 0 Å². The number of hydrogen-bond donors (Lipinski definition) is 1. The Hall–Kier alpha value is -2.21. The summed E-state index contributed by atoms with van der Waals surface area (Å²) in [4.78, 5) is 0.198. The standard InChI is InChI=1S/C16H19NO4S/c1-4-21-16-10-9-15(11-12(16)2)22(18,19)17-13-5-7-14(20-3)8-6-13/h5-11,17H,4H2,1-3H3. The second-order valence-electron chi connectivity index (χ2n) is 4.69. The van der Waals surface area contributed by atoms with Crippen molar-refractivity contribution >= 4 is 15.7 Å². The molecule has 2 rings (SSSR count). The molecule has 0 saturated heterocycles. The van der Waals surface area contributed by atoms with E-state index in [2.05, 4.69) is 4.72 Å². The van der Waals surface area contributed by atoms with E-state index < -0.39 is 10.0 Å². The summed E-state index contributed by atoms with van der Waals surface area (Å²) in [6.07, 6.45) is 0. The number of sulfonamides is 1. The molecule has 22 heavy (non-hydrogen) atoms. The largest absolute Gasteiger partial charge is 0.497 e. The molecule has 0 bridgehead atoms. The van der Waals surface area contributed by atoms with E-state index in [0.717, 1.165) is 5.56 Å². The van der Waals surface area contributed by atoms with Crippen molar-refractivity contribution in [2.45, 2.75) is 18.7 Å². The van der Waals surface area contributed by atoms with Crippen LogP contribution in [0.5, 0.6) is 11.5 Å². The first-order chi connectivity index (χ1) is 10.5. The lowest BCUT2D eigenvalue weighted by molar-refractivity contribution is 0.337. The van der Waals surface area contributed by atoms with E-state index in [0.29, 0.717) is 23.8 Å².